The minimum absolute atomic E-state index is 0.130. The second-order valence-electron chi connectivity index (χ2n) is 7.22. The van der Waals surface area contributed by atoms with Crippen LogP contribution in [0.3, 0.4) is 0 Å². The molecule has 4 aromatic rings. The maximum Gasteiger partial charge on any atom is 0.268 e. The maximum absolute atomic E-state index is 13.8. The van der Waals surface area contributed by atoms with Gasteiger partial charge in [0.2, 0.25) is 0 Å². The Balaban J connectivity index is 1.91. The Kier molecular flexibility index (Phi) is 4.84. The van der Waals surface area contributed by atoms with E-state index in [2.05, 4.69) is 10.2 Å². The van der Waals surface area contributed by atoms with Gasteiger partial charge in [0.05, 0.1) is 12.2 Å². The molecule has 0 aliphatic carbocycles. The molecule has 0 amide bonds. The molecule has 0 saturated heterocycles. The Morgan fingerprint density at radius 2 is 1.69 bits per heavy atom. The van der Waals surface area contributed by atoms with Gasteiger partial charge in [0.25, 0.3) is 10.0 Å². The summed E-state index contributed by atoms with van der Waals surface area (Å²) in [5.41, 5.74) is 4.94. The number of hydrogen-bond donors (Lipinski definition) is 0. The van der Waals surface area contributed by atoms with Crippen molar-refractivity contribution >= 4 is 21.4 Å². The minimum Gasteiger partial charge on any atom is -0.288 e. The van der Waals surface area contributed by atoms with Crippen molar-refractivity contribution in [3.05, 3.63) is 89.4 Å². The normalized spacial score (nSPS) is 11.7. The van der Waals surface area contributed by atoms with Crippen LogP contribution < -0.4 is 4.31 Å². The number of aromatic nitrogens is 3. The van der Waals surface area contributed by atoms with E-state index in [4.69, 9.17) is 0 Å². The molecule has 0 spiro atoms. The number of hydrogen-bond acceptors (Lipinski definition) is 4. The number of sulfonamides is 1. The molecule has 2 aromatic heterocycles. The summed E-state index contributed by atoms with van der Waals surface area (Å²) < 4.78 is 30.7. The molecule has 0 fully saturated rings. The molecule has 0 unspecified atom stereocenters. The predicted molar refractivity (Wildman–Crippen MR) is 113 cm³/mol. The standard InChI is InChI=1S/C22H22N4O2S/c1-16-11-17(2)13-20(12-16)26(14-19-8-5-4-7-18(19)3)29(27,28)21-9-6-10-25-15-23-24-22(21)25/h4-13,15H,14H2,1-3H3. The zero-order valence-electron chi connectivity index (χ0n) is 16.6. The van der Waals surface area contributed by atoms with Crippen LogP contribution in [-0.4, -0.2) is 23.0 Å². The fourth-order valence-corrected chi connectivity index (χ4v) is 5.05. The summed E-state index contributed by atoms with van der Waals surface area (Å²) in [6.07, 6.45) is 3.23. The van der Waals surface area contributed by atoms with Gasteiger partial charge in [-0.25, -0.2) is 8.42 Å². The highest BCUT2D eigenvalue weighted by Crippen LogP contribution is 2.29. The second kappa shape index (κ2) is 7.33. The van der Waals surface area contributed by atoms with Crippen molar-refractivity contribution in [1.82, 2.24) is 14.6 Å². The van der Waals surface area contributed by atoms with Crippen LogP contribution in [-0.2, 0) is 16.6 Å². The molecule has 0 aliphatic rings. The van der Waals surface area contributed by atoms with E-state index < -0.39 is 10.0 Å². The fourth-order valence-electron chi connectivity index (χ4n) is 3.50. The zero-order chi connectivity index (χ0) is 20.6. The first-order valence-electron chi connectivity index (χ1n) is 9.30. The van der Waals surface area contributed by atoms with E-state index in [1.165, 1.54) is 10.6 Å². The summed E-state index contributed by atoms with van der Waals surface area (Å²) in [5.74, 6) is 0. The number of aryl methyl sites for hydroxylation is 3. The lowest BCUT2D eigenvalue weighted by molar-refractivity contribution is 0.590. The van der Waals surface area contributed by atoms with Gasteiger partial charge >= 0.3 is 0 Å². The van der Waals surface area contributed by atoms with E-state index in [9.17, 15) is 8.42 Å². The average Bonchev–Trinajstić information content (AvgIpc) is 3.15. The summed E-state index contributed by atoms with van der Waals surface area (Å²) >= 11 is 0. The molecule has 148 valence electrons. The smallest absolute Gasteiger partial charge is 0.268 e. The van der Waals surface area contributed by atoms with Gasteiger partial charge < -0.3 is 0 Å². The zero-order valence-corrected chi connectivity index (χ0v) is 17.4. The molecule has 0 bridgehead atoms. The minimum atomic E-state index is -3.89. The van der Waals surface area contributed by atoms with E-state index >= 15 is 0 Å². The summed E-state index contributed by atoms with van der Waals surface area (Å²) in [7, 11) is -3.89. The van der Waals surface area contributed by atoms with E-state index in [-0.39, 0.29) is 11.4 Å². The third-order valence-electron chi connectivity index (χ3n) is 4.93. The molecule has 4 rings (SSSR count). The molecule has 0 N–H and O–H groups in total. The Hall–Kier alpha value is -3.19. The van der Waals surface area contributed by atoms with Crippen molar-refractivity contribution in [3.63, 3.8) is 0 Å². The van der Waals surface area contributed by atoms with E-state index in [1.807, 2.05) is 63.2 Å². The molecular weight excluding hydrogens is 384 g/mol. The number of nitrogens with zero attached hydrogens (tertiary/aromatic N) is 4. The van der Waals surface area contributed by atoms with Gasteiger partial charge in [0.1, 0.15) is 11.2 Å². The fraction of sp³-hybridized carbons (Fsp3) is 0.182. The molecule has 0 atom stereocenters. The van der Waals surface area contributed by atoms with Crippen LogP contribution in [0, 0.1) is 20.8 Å². The first-order chi connectivity index (χ1) is 13.9. The third-order valence-corrected chi connectivity index (χ3v) is 6.72. The summed E-state index contributed by atoms with van der Waals surface area (Å²) in [6.45, 7) is 6.15. The van der Waals surface area contributed by atoms with E-state index in [1.54, 1.807) is 22.7 Å². The Bertz CT molecular complexity index is 1270. The van der Waals surface area contributed by atoms with Crippen molar-refractivity contribution in [2.24, 2.45) is 0 Å². The third kappa shape index (κ3) is 3.61. The first-order valence-corrected chi connectivity index (χ1v) is 10.7. The summed E-state index contributed by atoms with van der Waals surface area (Å²) in [5, 5.41) is 7.89. The molecule has 2 aromatic carbocycles. The molecule has 0 radical (unpaired) electrons. The van der Waals surface area contributed by atoms with Crippen LogP contribution in [0.5, 0.6) is 0 Å². The van der Waals surface area contributed by atoms with Gasteiger partial charge in [-0.2, -0.15) is 0 Å². The van der Waals surface area contributed by atoms with Crippen LogP contribution in [0.4, 0.5) is 5.69 Å². The summed E-state index contributed by atoms with van der Waals surface area (Å²) in [6, 6.07) is 16.9. The van der Waals surface area contributed by atoms with Gasteiger partial charge in [-0.05, 0) is 67.3 Å². The number of anilines is 1. The number of benzene rings is 2. The molecule has 0 saturated carbocycles. The number of pyridine rings is 1. The summed E-state index contributed by atoms with van der Waals surface area (Å²) in [4.78, 5) is 0.130. The van der Waals surface area contributed by atoms with Gasteiger partial charge in [-0.15, -0.1) is 10.2 Å². The topological polar surface area (TPSA) is 67.6 Å². The predicted octanol–water partition coefficient (Wildman–Crippen LogP) is 4.05. The van der Waals surface area contributed by atoms with Crippen molar-refractivity contribution in [2.75, 3.05) is 4.31 Å². The highest BCUT2D eigenvalue weighted by molar-refractivity contribution is 7.93. The van der Waals surface area contributed by atoms with Crippen molar-refractivity contribution in [1.29, 1.82) is 0 Å². The molecular formula is C22H22N4O2S. The highest BCUT2D eigenvalue weighted by atomic mass is 32.2. The lowest BCUT2D eigenvalue weighted by atomic mass is 10.1. The average molecular weight is 407 g/mol. The Morgan fingerprint density at radius 1 is 0.966 bits per heavy atom. The lowest BCUT2D eigenvalue weighted by Crippen LogP contribution is -2.31. The van der Waals surface area contributed by atoms with Crippen LogP contribution in [0.1, 0.15) is 22.3 Å². The molecule has 7 heteroatoms. The van der Waals surface area contributed by atoms with Crippen molar-refractivity contribution in [3.8, 4) is 0 Å². The SMILES string of the molecule is Cc1cc(C)cc(N(Cc2ccccc2C)S(=O)(=O)c2cccn3cnnc23)c1. The van der Waals surface area contributed by atoms with Crippen LogP contribution in [0.15, 0.2) is 72.0 Å². The second-order valence-corrected chi connectivity index (χ2v) is 9.05. The Morgan fingerprint density at radius 3 is 2.41 bits per heavy atom. The quantitative estimate of drug-likeness (QED) is 0.501. The number of rotatable bonds is 5. The van der Waals surface area contributed by atoms with Gasteiger partial charge in [-0.3, -0.25) is 8.71 Å². The van der Waals surface area contributed by atoms with Gasteiger partial charge in [-0.1, -0.05) is 30.3 Å². The van der Waals surface area contributed by atoms with Crippen LogP contribution >= 0.6 is 0 Å². The Labute approximate surface area is 170 Å². The van der Waals surface area contributed by atoms with Crippen molar-refractivity contribution < 1.29 is 8.42 Å². The molecule has 6 nitrogen and oxygen atoms in total. The number of fused-ring (bicyclic) bond motifs is 1. The van der Waals surface area contributed by atoms with E-state index in [0.29, 0.717) is 11.3 Å². The van der Waals surface area contributed by atoms with Crippen LogP contribution in [0.25, 0.3) is 5.65 Å². The maximum atomic E-state index is 13.8. The molecule has 0 aliphatic heterocycles. The molecule has 2 heterocycles. The monoisotopic (exact) mass is 406 g/mol. The van der Waals surface area contributed by atoms with E-state index in [0.717, 1.165) is 22.3 Å². The lowest BCUT2D eigenvalue weighted by Gasteiger charge is -2.26. The molecule has 29 heavy (non-hydrogen) atoms. The highest BCUT2D eigenvalue weighted by Gasteiger charge is 2.29. The van der Waals surface area contributed by atoms with Crippen molar-refractivity contribution in [2.45, 2.75) is 32.2 Å². The first kappa shape index (κ1) is 19.1. The van der Waals surface area contributed by atoms with Gasteiger partial charge in [0, 0.05) is 6.20 Å². The largest absolute Gasteiger partial charge is 0.288 e. The van der Waals surface area contributed by atoms with Crippen LogP contribution in [0.2, 0.25) is 0 Å². The van der Waals surface area contributed by atoms with Gasteiger partial charge in [0.15, 0.2) is 5.65 Å².